The van der Waals surface area contributed by atoms with Crippen LogP contribution in [0.4, 0.5) is 0 Å². The summed E-state index contributed by atoms with van der Waals surface area (Å²) in [5.74, 6) is 0. The van der Waals surface area contributed by atoms with E-state index in [2.05, 4.69) is 0 Å². The third-order valence-corrected chi connectivity index (χ3v) is 0. The Labute approximate surface area is 128 Å². The molecule has 0 saturated carbocycles. The van der Waals surface area contributed by atoms with Gasteiger partial charge in [-0.2, -0.15) is 0 Å². The van der Waals surface area contributed by atoms with E-state index >= 15 is 0 Å². The molecule has 9 heavy (non-hydrogen) atoms. The molecule has 0 bridgehead atoms. The normalized spacial score (nSPS) is 6.44. The van der Waals surface area contributed by atoms with E-state index in [-0.39, 0.29) is 101 Å². The van der Waals surface area contributed by atoms with Crippen molar-refractivity contribution in [2.24, 2.45) is 0 Å². The first kappa shape index (κ1) is 29.5. The Morgan fingerprint density at radius 3 is 0.889 bits per heavy atom. The molecular weight excluding hydrogens is 220 g/mol. The molecule has 0 radical (unpaired) electrons. The first-order chi connectivity index (χ1) is 2.00. The Morgan fingerprint density at radius 2 is 0.889 bits per heavy atom. The Hall–Kier alpha value is 3.34. The van der Waals surface area contributed by atoms with Crippen LogP contribution >= 0.6 is 0 Å². The molecule has 0 N–H and O–H groups in total. The molecule has 0 atom stereocenters. The van der Waals surface area contributed by atoms with Crippen molar-refractivity contribution in [1.82, 2.24) is 0 Å². The van der Waals surface area contributed by atoms with Gasteiger partial charge in [0.1, 0.15) is 0 Å². The van der Waals surface area contributed by atoms with E-state index in [0.717, 1.165) is 0 Å². The monoisotopic (exact) mass is 220 g/mol. The Kier molecular flexibility index (Phi) is 45.5. The van der Waals surface area contributed by atoms with Crippen molar-refractivity contribution in [3.05, 3.63) is 0 Å². The summed E-state index contributed by atoms with van der Waals surface area (Å²) in [6.07, 6.45) is 0. The van der Waals surface area contributed by atoms with Crippen LogP contribution in [-0.4, -0.2) is 0 Å². The molecule has 0 aliphatic heterocycles. The zero-order valence-electron chi connectivity index (χ0n) is 5.42. The molecule has 0 fully saturated rings. The fourth-order valence-corrected chi connectivity index (χ4v) is 0. The maximum absolute atomic E-state index is 8.59. The minimum atomic E-state index is -5.75. The van der Waals surface area contributed by atoms with Crippen molar-refractivity contribution >= 4 is 0 Å². The first-order valence-electron chi connectivity index (χ1n) is 0.667. The predicted molar refractivity (Wildman–Crippen MR) is 1.37 cm³/mol. The summed E-state index contributed by atoms with van der Waals surface area (Å²) < 4.78 is 34.4. The van der Waals surface area contributed by atoms with Crippen molar-refractivity contribution < 1.29 is 131 Å². The van der Waals surface area contributed by atoms with Gasteiger partial charge in [-0.05, 0) is 0 Å². The molecule has 4 nitrogen and oxygen atoms in total. The second-order valence-electron chi connectivity index (χ2n) is 0.408. The van der Waals surface area contributed by atoms with Gasteiger partial charge in [0.25, 0.3) is 0 Å². The van der Waals surface area contributed by atoms with Gasteiger partial charge in [-0.3, -0.25) is 0 Å². The van der Waals surface area contributed by atoms with E-state index in [0.29, 0.717) is 0 Å². The fraction of sp³-hybridized carbons (Fsp3) is 0. The molecule has 0 aliphatic carbocycles. The average Bonchev–Trinajstić information content (AvgIpc) is 0.722. The van der Waals surface area contributed by atoms with E-state index in [4.69, 9.17) is 15.9 Å². The van der Waals surface area contributed by atoms with Gasteiger partial charge < -0.3 is 12.4 Å². The molecule has 0 heterocycles. The zero-order chi connectivity index (χ0) is 4.50. The molecule has 0 unspecified atom stereocenters. The molecule has 0 rings (SSSR count). The molecule has 0 amide bonds. The summed E-state index contributed by atoms with van der Waals surface area (Å²) >= 11 is -5.75. The number of hydrogen-bond donors (Lipinski definition) is 0. The summed E-state index contributed by atoms with van der Waals surface area (Å²) in [7, 11) is 0. The third kappa shape index (κ3) is 88.6. The van der Waals surface area contributed by atoms with E-state index in [1.807, 2.05) is 0 Å². The van der Waals surface area contributed by atoms with Crippen molar-refractivity contribution in [2.45, 2.75) is 0 Å². The van der Waals surface area contributed by atoms with Gasteiger partial charge >= 0.3 is 118 Å². The Bertz CT molecular complexity index is 99.0. The van der Waals surface area contributed by atoms with E-state index < -0.39 is 13.6 Å². The van der Waals surface area contributed by atoms with E-state index in [1.54, 1.807) is 0 Å². The van der Waals surface area contributed by atoms with Crippen LogP contribution in [0.2, 0.25) is 0 Å². The second-order valence-corrected chi connectivity index (χ2v) is 1.68. The van der Waals surface area contributed by atoms with Gasteiger partial charge in [-0.1, -0.05) is 0 Å². The fourth-order valence-electron chi connectivity index (χ4n) is 0. The zero-order valence-corrected chi connectivity index (χ0v) is 13.5. The standard InChI is InChI=1S/ClH.Cr.3Na.4O/h1H;;;;;;;;/q;;3*+1;;;2*-1/p-1. The molecule has 0 spiro atoms. The SMILES string of the molecule is [Cl-].[Na+].[Na+].[Na+].[O]=[Cr](=[O])([O-])[O-]. The Balaban J connectivity index is -0.0000000133. The number of hydrogen-bond acceptors (Lipinski definition) is 4. The molecule has 9 heteroatoms. The molecule has 0 saturated heterocycles. The summed E-state index contributed by atoms with van der Waals surface area (Å²) in [6, 6.07) is 0. The van der Waals surface area contributed by atoms with Crippen LogP contribution in [0.5, 0.6) is 0 Å². The van der Waals surface area contributed by atoms with Gasteiger partial charge in [0.15, 0.2) is 0 Å². The van der Waals surface area contributed by atoms with Crippen LogP contribution in [0.1, 0.15) is 0 Å². The topological polar surface area (TPSA) is 80.3 Å². The van der Waals surface area contributed by atoms with Crippen molar-refractivity contribution in [1.29, 1.82) is 0 Å². The van der Waals surface area contributed by atoms with Gasteiger partial charge in [0.05, 0.1) is 0 Å². The van der Waals surface area contributed by atoms with Crippen LogP contribution < -0.4 is 109 Å². The quantitative estimate of drug-likeness (QED) is 0.380. The number of rotatable bonds is 0. The summed E-state index contributed by atoms with van der Waals surface area (Å²) in [4.78, 5) is 0. The molecule has 0 aliphatic rings. The van der Waals surface area contributed by atoms with Gasteiger partial charge in [-0.25, -0.2) is 0 Å². The summed E-state index contributed by atoms with van der Waals surface area (Å²) in [6.45, 7) is 0. The maximum atomic E-state index is 8.59. The van der Waals surface area contributed by atoms with Gasteiger partial charge in [0.2, 0.25) is 0 Å². The van der Waals surface area contributed by atoms with Crippen molar-refractivity contribution in [3.8, 4) is 0 Å². The first-order valence-corrected chi connectivity index (χ1v) is 2.75. The predicted octanol–water partition coefficient (Wildman–Crippen LogP) is -14.6. The minimum absolute atomic E-state index is 0. The third-order valence-electron chi connectivity index (χ3n) is 0. The molecule has 0 aromatic carbocycles. The van der Waals surface area contributed by atoms with Gasteiger partial charge in [-0.15, -0.1) is 0 Å². The molecule has 0 aromatic heterocycles. The van der Waals surface area contributed by atoms with Gasteiger partial charge in [0, 0.05) is 0 Å². The van der Waals surface area contributed by atoms with Crippen LogP contribution in [0.25, 0.3) is 0 Å². The average molecular weight is 220 g/mol. The molecular formula is ClCrNa3O4. The van der Waals surface area contributed by atoms with Crippen molar-refractivity contribution in [2.75, 3.05) is 0 Å². The van der Waals surface area contributed by atoms with Crippen LogP contribution in [0, 0.1) is 0 Å². The van der Waals surface area contributed by atoms with Crippen LogP contribution in [-0.2, 0) is 21.2 Å². The summed E-state index contributed by atoms with van der Waals surface area (Å²) in [5, 5.41) is 0. The summed E-state index contributed by atoms with van der Waals surface area (Å²) in [5.41, 5.74) is 0. The Morgan fingerprint density at radius 1 is 0.889 bits per heavy atom. The van der Waals surface area contributed by atoms with Crippen molar-refractivity contribution in [3.63, 3.8) is 0 Å². The number of halogens is 1. The van der Waals surface area contributed by atoms with E-state index in [1.165, 1.54) is 0 Å². The van der Waals surface area contributed by atoms with Crippen LogP contribution in [0.3, 0.4) is 0 Å². The van der Waals surface area contributed by atoms with E-state index in [9.17, 15) is 0 Å². The molecule has 40 valence electrons. The van der Waals surface area contributed by atoms with Crippen LogP contribution in [0.15, 0.2) is 0 Å². The second kappa shape index (κ2) is 13.9. The molecule has 0 aromatic rings.